The third-order valence-electron chi connectivity index (χ3n) is 2.15. The van der Waals surface area contributed by atoms with Crippen LogP contribution in [0.2, 0.25) is 0 Å². The minimum Gasteiger partial charge on any atom is -0.497 e. The van der Waals surface area contributed by atoms with Gasteiger partial charge in [0.25, 0.3) is 0 Å². The van der Waals surface area contributed by atoms with Crippen molar-refractivity contribution in [2.24, 2.45) is 0 Å². The molecule has 1 N–H and O–H groups in total. The first-order valence-corrected chi connectivity index (χ1v) is 4.87. The van der Waals surface area contributed by atoms with Crippen LogP contribution in [0.3, 0.4) is 0 Å². The first-order valence-electron chi connectivity index (χ1n) is 4.87. The van der Waals surface area contributed by atoms with Crippen molar-refractivity contribution < 1.29 is 14.3 Å². The third kappa shape index (κ3) is 2.45. The average Bonchev–Trinajstić information content (AvgIpc) is 2.73. The van der Waals surface area contributed by atoms with Crippen molar-refractivity contribution in [3.63, 3.8) is 0 Å². The molecule has 82 valence electrons. The van der Waals surface area contributed by atoms with Crippen LogP contribution in [0.4, 0.5) is 4.79 Å². The molecule has 1 saturated heterocycles. The maximum absolute atomic E-state index is 10.7. The number of methoxy groups -OCH3 is 1. The molecule has 4 heteroatoms. The minimum absolute atomic E-state index is 0.213. The molecule has 4 nitrogen and oxygen atoms in total. The van der Waals surface area contributed by atoms with Gasteiger partial charge in [-0.2, -0.15) is 0 Å². The number of carbonyl (C=O) groups excluding carboxylic acids is 1. The fraction of sp³-hybridized carbons (Fsp3) is 0.250. The summed E-state index contributed by atoms with van der Waals surface area (Å²) < 4.78 is 9.75. The molecule has 0 aliphatic carbocycles. The van der Waals surface area contributed by atoms with E-state index in [0.717, 1.165) is 11.3 Å². The summed E-state index contributed by atoms with van der Waals surface area (Å²) in [7, 11) is 1.62. The van der Waals surface area contributed by atoms with Gasteiger partial charge >= 0.3 is 6.09 Å². The highest BCUT2D eigenvalue weighted by Gasteiger charge is 2.19. The Balaban J connectivity index is 2.03. The van der Waals surface area contributed by atoms with Crippen molar-refractivity contribution in [3.8, 4) is 17.6 Å². The number of alkyl carbamates (subject to hydrolysis) is 1. The molecular weight excluding hydrogens is 206 g/mol. The highest BCUT2D eigenvalue weighted by Crippen LogP contribution is 2.10. The molecule has 2 rings (SSSR count). The van der Waals surface area contributed by atoms with E-state index in [-0.39, 0.29) is 6.04 Å². The van der Waals surface area contributed by atoms with Gasteiger partial charge in [-0.15, -0.1) is 0 Å². The van der Waals surface area contributed by atoms with Crippen LogP contribution in [0.25, 0.3) is 0 Å². The summed E-state index contributed by atoms with van der Waals surface area (Å²) in [6.45, 7) is 0.308. The number of rotatable bonds is 1. The Bertz CT molecular complexity index is 442. The Morgan fingerprint density at radius 1 is 1.44 bits per heavy atom. The van der Waals surface area contributed by atoms with Gasteiger partial charge in [0.15, 0.2) is 0 Å². The van der Waals surface area contributed by atoms with Gasteiger partial charge in [-0.3, -0.25) is 0 Å². The predicted octanol–water partition coefficient (Wildman–Crippen LogP) is 1.16. The monoisotopic (exact) mass is 217 g/mol. The largest absolute Gasteiger partial charge is 0.497 e. The molecule has 1 aliphatic heterocycles. The minimum atomic E-state index is -0.408. The molecule has 0 radical (unpaired) electrons. The summed E-state index contributed by atoms with van der Waals surface area (Å²) in [4.78, 5) is 10.7. The Kier molecular flexibility index (Phi) is 2.97. The first-order chi connectivity index (χ1) is 7.78. The van der Waals surface area contributed by atoms with E-state index in [1.807, 2.05) is 24.3 Å². The molecule has 0 saturated carbocycles. The zero-order chi connectivity index (χ0) is 11.4. The summed E-state index contributed by atoms with van der Waals surface area (Å²) in [5, 5.41) is 2.59. The number of benzene rings is 1. The molecule has 16 heavy (non-hydrogen) atoms. The normalized spacial score (nSPS) is 18.1. The number of hydrogen-bond donors (Lipinski definition) is 1. The average molecular weight is 217 g/mol. The first kappa shape index (κ1) is 10.4. The smallest absolute Gasteiger partial charge is 0.408 e. The molecule has 1 fully saturated rings. The van der Waals surface area contributed by atoms with Gasteiger partial charge in [-0.05, 0) is 24.3 Å². The van der Waals surface area contributed by atoms with Crippen LogP contribution in [0.5, 0.6) is 5.75 Å². The van der Waals surface area contributed by atoms with Gasteiger partial charge < -0.3 is 14.8 Å². The van der Waals surface area contributed by atoms with E-state index in [9.17, 15) is 4.79 Å². The second-order valence-electron chi connectivity index (χ2n) is 3.29. The number of amides is 1. The lowest BCUT2D eigenvalue weighted by molar-refractivity contribution is 0.177. The van der Waals surface area contributed by atoms with Crippen molar-refractivity contribution in [2.75, 3.05) is 13.7 Å². The molecule has 1 atom stereocenters. The number of ether oxygens (including phenoxy) is 2. The van der Waals surface area contributed by atoms with Crippen molar-refractivity contribution >= 4 is 6.09 Å². The number of hydrogen-bond acceptors (Lipinski definition) is 3. The van der Waals surface area contributed by atoms with Crippen LogP contribution in [0, 0.1) is 11.8 Å². The molecular formula is C12H11NO3. The van der Waals surface area contributed by atoms with Gasteiger partial charge in [-0.25, -0.2) is 4.79 Å². The maximum atomic E-state index is 10.7. The molecule has 1 heterocycles. The van der Waals surface area contributed by atoms with Crippen molar-refractivity contribution in [1.82, 2.24) is 5.32 Å². The maximum Gasteiger partial charge on any atom is 0.408 e. The second-order valence-corrected chi connectivity index (χ2v) is 3.29. The van der Waals surface area contributed by atoms with Crippen LogP contribution in [-0.4, -0.2) is 25.9 Å². The lowest BCUT2D eigenvalue weighted by atomic mass is 10.2. The van der Waals surface area contributed by atoms with Crippen molar-refractivity contribution in [2.45, 2.75) is 6.04 Å². The van der Waals surface area contributed by atoms with E-state index < -0.39 is 6.09 Å². The quantitative estimate of drug-likeness (QED) is 0.718. The molecule has 0 bridgehead atoms. The van der Waals surface area contributed by atoms with E-state index >= 15 is 0 Å². The van der Waals surface area contributed by atoms with E-state index in [4.69, 9.17) is 9.47 Å². The van der Waals surface area contributed by atoms with Crippen LogP contribution in [-0.2, 0) is 4.74 Å². The number of nitrogens with one attached hydrogen (secondary N) is 1. The van der Waals surface area contributed by atoms with Gasteiger partial charge in [0.1, 0.15) is 18.4 Å². The Morgan fingerprint density at radius 3 is 2.75 bits per heavy atom. The van der Waals surface area contributed by atoms with Gasteiger partial charge in [0.05, 0.1) is 7.11 Å². The summed E-state index contributed by atoms with van der Waals surface area (Å²) >= 11 is 0. The molecule has 0 spiro atoms. The fourth-order valence-electron chi connectivity index (χ4n) is 1.31. The summed E-state index contributed by atoms with van der Waals surface area (Å²) in [6.07, 6.45) is -0.408. The van der Waals surface area contributed by atoms with Crippen LogP contribution in [0.15, 0.2) is 24.3 Å². The zero-order valence-corrected chi connectivity index (χ0v) is 8.82. The van der Waals surface area contributed by atoms with Crippen LogP contribution < -0.4 is 10.1 Å². The van der Waals surface area contributed by atoms with Crippen molar-refractivity contribution in [1.29, 1.82) is 0 Å². The molecule has 1 aliphatic rings. The lowest BCUT2D eigenvalue weighted by Gasteiger charge is -1.98. The third-order valence-corrected chi connectivity index (χ3v) is 2.15. The summed E-state index contributed by atoms with van der Waals surface area (Å²) in [6, 6.07) is 7.20. The zero-order valence-electron chi connectivity index (χ0n) is 8.82. The Morgan fingerprint density at radius 2 is 2.19 bits per heavy atom. The van der Waals surface area contributed by atoms with Gasteiger partial charge in [0, 0.05) is 5.56 Å². The Hall–Kier alpha value is -2.15. The summed E-state index contributed by atoms with van der Waals surface area (Å²) in [5.74, 6) is 6.67. The van der Waals surface area contributed by atoms with E-state index in [0.29, 0.717) is 6.61 Å². The predicted molar refractivity (Wildman–Crippen MR) is 58.1 cm³/mol. The van der Waals surface area contributed by atoms with Crippen LogP contribution >= 0.6 is 0 Å². The highest BCUT2D eigenvalue weighted by atomic mass is 16.6. The van der Waals surface area contributed by atoms with E-state index in [1.54, 1.807) is 7.11 Å². The van der Waals surface area contributed by atoms with E-state index in [2.05, 4.69) is 17.2 Å². The molecule has 1 aromatic carbocycles. The van der Waals surface area contributed by atoms with Gasteiger partial charge in [0.2, 0.25) is 0 Å². The van der Waals surface area contributed by atoms with Gasteiger partial charge in [-0.1, -0.05) is 11.8 Å². The molecule has 1 aromatic rings. The highest BCUT2D eigenvalue weighted by molar-refractivity contribution is 5.70. The topological polar surface area (TPSA) is 47.6 Å². The molecule has 0 unspecified atom stereocenters. The SMILES string of the molecule is COc1ccc(C#C[C@H]2COC(=O)N2)cc1. The number of carbonyl (C=O) groups is 1. The fourth-order valence-corrected chi connectivity index (χ4v) is 1.31. The number of cyclic esters (lactones) is 1. The van der Waals surface area contributed by atoms with Crippen LogP contribution in [0.1, 0.15) is 5.56 Å². The second kappa shape index (κ2) is 4.58. The summed E-state index contributed by atoms with van der Waals surface area (Å²) in [5.41, 5.74) is 0.877. The molecule has 1 amide bonds. The van der Waals surface area contributed by atoms with Crippen molar-refractivity contribution in [3.05, 3.63) is 29.8 Å². The molecule has 0 aromatic heterocycles. The van der Waals surface area contributed by atoms with E-state index in [1.165, 1.54) is 0 Å². The lowest BCUT2D eigenvalue weighted by Crippen LogP contribution is -2.24. The Labute approximate surface area is 93.6 Å². The standard InChI is InChI=1S/C12H11NO3/c1-15-11-6-3-9(4-7-11)2-5-10-8-16-12(14)13-10/h3-4,6-7,10H,8H2,1H3,(H,13,14)/t10-/m0/s1.